The molecule has 1 aromatic carbocycles. The molecule has 1 aromatic rings. The lowest BCUT2D eigenvalue weighted by molar-refractivity contribution is -0.368. The second-order valence-electron chi connectivity index (χ2n) is 4.39. The van der Waals surface area contributed by atoms with Crippen molar-refractivity contribution in [3.63, 3.8) is 0 Å². The first-order chi connectivity index (χ1) is 8.23. The van der Waals surface area contributed by atoms with Crippen molar-refractivity contribution in [3.05, 3.63) is 28.8 Å². The maximum Gasteiger partial charge on any atom is 0.124 e. The van der Waals surface area contributed by atoms with Crippen molar-refractivity contribution >= 4 is 10.1 Å². The van der Waals surface area contributed by atoms with Gasteiger partial charge in [0.1, 0.15) is 10.1 Å². The van der Waals surface area contributed by atoms with E-state index in [0.717, 1.165) is 12.1 Å². The number of aryl methyl sites for hydroxylation is 3. The van der Waals surface area contributed by atoms with Gasteiger partial charge < -0.3 is 10.3 Å². The van der Waals surface area contributed by atoms with Crippen LogP contribution >= 0.6 is 0 Å². The maximum absolute atomic E-state index is 10.8. The van der Waals surface area contributed by atoms with Crippen LogP contribution in [0.25, 0.3) is 0 Å². The minimum absolute atomic E-state index is 0.0851. The first kappa shape index (κ1) is 17.1. The molecule has 0 aliphatic rings. The van der Waals surface area contributed by atoms with E-state index in [-0.39, 0.29) is 4.90 Å². The summed E-state index contributed by atoms with van der Waals surface area (Å²) in [5.41, 5.74) is 5.68. The van der Waals surface area contributed by atoms with Crippen molar-refractivity contribution in [2.45, 2.75) is 45.4 Å². The molecule has 0 heterocycles. The fourth-order valence-corrected chi connectivity index (χ4v) is 2.72. The van der Waals surface area contributed by atoms with E-state index in [0.29, 0.717) is 11.1 Å². The molecule has 18 heavy (non-hydrogen) atoms. The van der Waals surface area contributed by atoms with Gasteiger partial charge in [-0.2, -0.15) is 0 Å². The molecule has 1 rings (SSSR count). The zero-order valence-corrected chi connectivity index (χ0v) is 12.4. The highest BCUT2D eigenvalue weighted by Gasteiger charge is 2.09. The van der Waals surface area contributed by atoms with Gasteiger partial charge >= 0.3 is 0 Å². The molecule has 0 aromatic heterocycles. The minimum Gasteiger partial charge on any atom is -0.744 e. The van der Waals surface area contributed by atoms with Gasteiger partial charge in [-0.15, -0.1) is 0 Å². The van der Waals surface area contributed by atoms with Crippen molar-refractivity contribution in [1.29, 1.82) is 0 Å². The summed E-state index contributed by atoms with van der Waals surface area (Å²) in [5, 5.41) is 0. The van der Waals surface area contributed by atoms with Crippen molar-refractivity contribution in [1.82, 2.24) is 0 Å². The summed E-state index contributed by atoms with van der Waals surface area (Å²) in [6.45, 7) is 8.39. The molecule has 0 amide bonds. The van der Waals surface area contributed by atoms with Crippen LogP contribution in [0.3, 0.4) is 0 Å². The molecule has 0 fully saturated rings. The Morgan fingerprint density at radius 3 is 1.83 bits per heavy atom. The summed E-state index contributed by atoms with van der Waals surface area (Å²) in [6.07, 6.45) is 2.56. The monoisotopic (exact) mass is 273 g/mol. The molecule has 0 radical (unpaired) electrons. The minimum atomic E-state index is -4.33. The Kier molecular flexibility index (Phi) is 7.13. The van der Waals surface area contributed by atoms with E-state index in [9.17, 15) is 13.0 Å². The highest BCUT2D eigenvalue weighted by Crippen LogP contribution is 2.20. The van der Waals surface area contributed by atoms with Crippen LogP contribution in [0, 0.1) is 20.8 Å². The fraction of sp³-hybridized carbons (Fsp3) is 0.538. The molecule has 0 aliphatic heterocycles. The fourth-order valence-electron chi connectivity index (χ4n) is 1.81. The normalized spacial score (nSPS) is 10.8. The molecule has 0 unspecified atom stereocenters. The van der Waals surface area contributed by atoms with Crippen LogP contribution in [-0.4, -0.2) is 19.5 Å². The van der Waals surface area contributed by atoms with Crippen molar-refractivity contribution in [2.75, 3.05) is 6.54 Å². The van der Waals surface area contributed by atoms with E-state index in [1.807, 2.05) is 6.92 Å². The molecule has 0 bridgehead atoms. The Balaban J connectivity index is 0.000000494. The van der Waals surface area contributed by atoms with Crippen LogP contribution in [0.5, 0.6) is 0 Å². The van der Waals surface area contributed by atoms with E-state index in [2.05, 4.69) is 12.7 Å². The van der Waals surface area contributed by atoms with Gasteiger partial charge in [-0.1, -0.05) is 31.0 Å². The molecular weight excluding hydrogens is 250 g/mol. The summed E-state index contributed by atoms with van der Waals surface area (Å²) in [4.78, 5) is -0.0851. The first-order valence-electron chi connectivity index (χ1n) is 6.07. The molecule has 104 valence electrons. The number of benzene rings is 1. The van der Waals surface area contributed by atoms with E-state index in [1.54, 1.807) is 26.0 Å². The molecule has 0 saturated heterocycles. The van der Waals surface area contributed by atoms with Crippen LogP contribution in [0.2, 0.25) is 0 Å². The summed E-state index contributed by atoms with van der Waals surface area (Å²) in [5.74, 6) is 0. The lowest BCUT2D eigenvalue weighted by atomic mass is 10.1. The molecular formula is C13H23NO3S. The Bertz CT molecular complexity index is 456. The largest absolute Gasteiger partial charge is 0.744 e. The Morgan fingerprint density at radius 2 is 1.61 bits per heavy atom. The van der Waals surface area contributed by atoms with Crippen LogP contribution in [0.15, 0.2) is 17.0 Å². The van der Waals surface area contributed by atoms with Gasteiger partial charge in [0.25, 0.3) is 0 Å². The quantitative estimate of drug-likeness (QED) is 0.848. The number of hydrogen-bond donors (Lipinski definition) is 1. The van der Waals surface area contributed by atoms with Crippen molar-refractivity contribution in [2.24, 2.45) is 0 Å². The van der Waals surface area contributed by atoms with Crippen LogP contribution in [-0.2, 0) is 10.1 Å². The molecule has 3 N–H and O–H groups in total. The summed E-state index contributed by atoms with van der Waals surface area (Å²) in [7, 11) is -4.33. The maximum atomic E-state index is 10.8. The number of hydrogen-bond acceptors (Lipinski definition) is 3. The highest BCUT2D eigenvalue weighted by atomic mass is 32.2. The average Bonchev–Trinajstić information content (AvgIpc) is 2.15. The molecule has 0 saturated carbocycles. The van der Waals surface area contributed by atoms with Gasteiger partial charge in [0.2, 0.25) is 0 Å². The third-order valence-electron chi connectivity index (χ3n) is 2.46. The number of rotatable bonds is 3. The van der Waals surface area contributed by atoms with Crippen LogP contribution in [0.1, 0.15) is 36.5 Å². The SMILES string of the molecule is CCCC[NH3+].Cc1cc(C)c(S(=O)(=O)[O-])c(C)c1. The van der Waals surface area contributed by atoms with Gasteiger partial charge in [-0.3, -0.25) is 0 Å². The summed E-state index contributed by atoms with van der Waals surface area (Å²) >= 11 is 0. The van der Waals surface area contributed by atoms with Crippen LogP contribution < -0.4 is 5.73 Å². The zero-order chi connectivity index (χ0) is 14.3. The topological polar surface area (TPSA) is 84.8 Å². The number of quaternary nitrogens is 1. The second-order valence-corrected chi connectivity index (χ2v) is 5.71. The Morgan fingerprint density at radius 1 is 1.17 bits per heavy atom. The molecule has 4 nitrogen and oxygen atoms in total. The predicted molar refractivity (Wildman–Crippen MR) is 71.3 cm³/mol. The van der Waals surface area contributed by atoms with E-state index in [1.165, 1.54) is 12.8 Å². The highest BCUT2D eigenvalue weighted by molar-refractivity contribution is 7.85. The smallest absolute Gasteiger partial charge is 0.124 e. The molecule has 0 atom stereocenters. The van der Waals surface area contributed by atoms with E-state index >= 15 is 0 Å². The van der Waals surface area contributed by atoms with Gasteiger partial charge in [0, 0.05) is 0 Å². The van der Waals surface area contributed by atoms with Gasteiger partial charge in [0.15, 0.2) is 0 Å². The van der Waals surface area contributed by atoms with E-state index < -0.39 is 10.1 Å². The van der Waals surface area contributed by atoms with Crippen LogP contribution in [0.4, 0.5) is 0 Å². The molecule has 0 aliphatic carbocycles. The third-order valence-corrected chi connectivity index (χ3v) is 3.60. The lowest BCUT2D eigenvalue weighted by Crippen LogP contribution is -2.49. The molecule has 0 spiro atoms. The number of unbranched alkanes of at least 4 members (excludes halogenated alkanes) is 1. The second kappa shape index (κ2) is 7.51. The molecule has 5 heteroatoms. The average molecular weight is 273 g/mol. The zero-order valence-electron chi connectivity index (χ0n) is 11.6. The summed E-state index contributed by atoms with van der Waals surface area (Å²) < 4.78 is 32.5. The van der Waals surface area contributed by atoms with Crippen molar-refractivity contribution < 1.29 is 18.7 Å². The predicted octanol–water partition coefficient (Wildman–Crippen LogP) is 1.54. The van der Waals surface area contributed by atoms with Gasteiger partial charge in [-0.25, -0.2) is 8.42 Å². The first-order valence-corrected chi connectivity index (χ1v) is 7.47. The van der Waals surface area contributed by atoms with Crippen molar-refractivity contribution in [3.8, 4) is 0 Å². The third kappa shape index (κ3) is 5.62. The standard InChI is InChI=1S/C9H12O3S.C4H11N/c1-6-4-7(2)9(8(3)5-6)13(10,11)12;1-2-3-4-5/h4-5H,1-3H3,(H,10,11,12);2-5H2,1H3. The van der Waals surface area contributed by atoms with Gasteiger partial charge in [0.05, 0.1) is 11.4 Å². The van der Waals surface area contributed by atoms with E-state index in [4.69, 9.17) is 0 Å². The lowest BCUT2D eigenvalue weighted by Gasteiger charge is -2.14. The Labute approximate surface area is 110 Å². The summed E-state index contributed by atoms with van der Waals surface area (Å²) in [6, 6.07) is 3.38. The van der Waals surface area contributed by atoms with Gasteiger partial charge in [-0.05, 0) is 38.3 Å². The Hall–Kier alpha value is -0.910.